The van der Waals surface area contributed by atoms with E-state index in [-0.39, 0.29) is 11.9 Å². The van der Waals surface area contributed by atoms with Gasteiger partial charge in [-0.25, -0.2) is 4.98 Å². The molecule has 1 aromatic heterocycles. The van der Waals surface area contributed by atoms with Gasteiger partial charge in [0.2, 0.25) is 0 Å². The van der Waals surface area contributed by atoms with E-state index in [9.17, 15) is 4.79 Å². The highest BCUT2D eigenvalue weighted by Crippen LogP contribution is 2.19. The van der Waals surface area contributed by atoms with Crippen LogP contribution in [-0.2, 0) is 0 Å². The summed E-state index contributed by atoms with van der Waals surface area (Å²) in [5.41, 5.74) is 3.40. The first-order valence-electron chi connectivity index (χ1n) is 9.05. The van der Waals surface area contributed by atoms with E-state index in [1.807, 2.05) is 99.8 Å². The maximum atomic E-state index is 12.7. The number of aryl methyl sites for hydroxylation is 1. The van der Waals surface area contributed by atoms with Crippen molar-refractivity contribution in [3.05, 3.63) is 83.4 Å². The summed E-state index contributed by atoms with van der Waals surface area (Å²) in [7, 11) is 0. The van der Waals surface area contributed by atoms with Crippen LogP contribution in [0, 0.1) is 13.8 Å². The number of aromatic nitrogens is 2. The lowest BCUT2D eigenvalue weighted by molar-refractivity contribution is 0.0934. The molecule has 0 saturated heterocycles. The van der Waals surface area contributed by atoms with Gasteiger partial charge in [-0.1, -0.05) is 62.4 Å². The van der Waals surface area contributed by atoms with E-state index in [1.165, 1.54) is 0 Å². The van der Waals surface area contributed by atoms with Gasteiger partial charge in [-0.05, 0) is 38.5 Å². The van der Waals surface area contributed by atoms with Gasteiger partial charge in [-0.3, -0.25) is 4.79 Å². The largest absolute Gasteiger partial charge is 0.344 e. The molecule has 26 heavy (non-hydrogen) atoms. The molecule has 0 aliphatic heterocycles. The minimum atomic E-state index is -0.151. The second-order valence-electron chi connectivity index (χ2n) is 5.87. The number of hydrogen-bond acceptors (Lipinski definition) is 2. The van der Waals surface area contributed by atoms with Crippen LogP contribution in [0.5, 0.6) is 0 Å². The van der Waals surface area contributed by atoms with Gasteiger partial charge in [0.1, 0.15) is 11.5 Å². The summed E-state index contributed by atoms with van der Waals surface area (Å²) in [6.45, 7) is 9.82. The molecule has 1 heterocycles. The van der Waals surface area contributed by atoms with E-state index in [1.54, 1.807) is 0 Å². The number of hydrogen-bond donors (Lipinski definition) is 1. The van der Waals surface area contributed by atoms with Crippen LogP contribution in [0.2, 0.25) is 0 Å². The van der Waals surface area contributed by atoms with Gasteiger partial charge in [0.15, 0.2) is 0 Å². The lowest BCUT2D eigenvalue weighted by Gasteiger charge is -2.14. The molecule has 1 N–H and O–H groups in total. The Labute approximate surface area is 155 Å². The molecule has 3 aromatic rings. The third kappa shape index (κ3) is 4.20. The molecule has 3 rings (SSSR count). The standard InChI is InChI=1S/C20H21N3O.C2H6/c1-14(17-10-6-4-7-11-17)21-20(24)19-15(2)23(16(3)22-19)18-12-8-5-9-13-18;1-2/h4-14H,1-3H3,(H,21,24);1-2H3. The number of para-hydroxylation sites is 1. The molecule has 0 bridgehead atoms. The SMILES string of the molecule is CC.Cc1nc(C(=O)NC(C)c2ccccc2)c(C)n1-c1ccccc1. The molecule has 0 saturated carbocycles. The number of nitrogens with one attached hydrogen (secondary N) is 1. The minimum Gasteiger partial charge on any atom is -0.344 e. The Morgan fingerprint density at radius 3 is 2.08 bits per heavy atom. The van der Waals surface area contributed by atoms with E-state index >= 15 is 0 Å². The first-order valence-corrected chi connectivity index (χ1v) is 9.05. The highest BCUT2D eigenvalue weighted by molar-refractivity contribution is 5.94. The lowest BCUT2D eigenvalue weighted by Crippen LogP contribution is -2.27. The highest BCUT2D eigenvalue weighted by Gasteiger charge is 2.20. The van der Waals surface area contributed by atoms with Crippen LogP contribution < -0.4 is 5.32 Å². The van der Waals surface area contributed by atoms with Crippen molar-refractivity contribution in [1.29, 1.82) is 0 Å². The Morgan fingerprint density at radius 1 is 0.962 bits per heavy atom. The van der Waals surface area contributed by atoms with Crippen molar-refractivity contribution in [1.82, 2.24) is 14.9 Å². The molecule has 4 nitrogen and oxygen atoms in total. The van der Waals surface area contributed by atoms with Crippen molar-refractivity contribution < 1.29 is 4.79 Å². The van der Waals surface area contributed by atoms with Crippen LogP contribution in [0.25, 0.3) is 5.69 Å². The van der Waals surface area contributed by atoms with E-state index in [0.717, 1.165) is 22.8 Å². The number of carbonyl (C=O) groups excluding carboxylic acids is 1. The molecular weight excluding hydrogens is 322 g/mol. The molecular formula is C22H27N3O. The summed E-state index contributed by atoms with van der Waals surface area (Å²) >= 11 is 0. The number of benzene rings is 2. The summed E-state index contributed by atoms with van der Waals surface area (Å²) in [6.07, 6.45) is 0. The Balaban J connectivity index is 0.00000117. The summed E-state index contributed by atoms with van der Waals surface area (Å²) in [5, 5.41) is 3.03. The summed E-state index contributed by atoms with van der Waals surface area (Å²) in [5.74, 6) is 0.651. The molecule has 136 valence electrons. The van der Waals surface area contributed by atoms with Crippen molar-refractivity contribution in [3.63, 3.8) is 0 Å². The smallest absolute Gasteiger partial charge is 0.272 e. The predicted octanol–water partition coefficient (Wildman–Crippen LogP) is 5.01. The Morgan fingerprint density at radius 2 is 1.50 bits per heavy atom. The van der Waals surface area contributed by atoms with E-state index in [4.69, 9.17) is 0 Å². The van der Waals surface area contributed by atoms with Gasteiger partial charge in [0, 0.05) is 5.69 Å². The number of rotatable bonds is 4. The molecule has 1 atom stereocenters. The second kappa shape index (κ2) is 8.99. The highest BCUT2D eigenvalue weighted by atomic mass is 16.2. The number of carbonyl (C=O) groups is 1. The molecule has 4 heteroatoms. The van der Waals surface area contributed by atoms with Gasteiger partial charge in [0.05, 0.1) is 11.7 Å². The average Bonchev–Trinajstić information content (AvgIpc) is 2.99. The zero-order valence-electron chi connectivity index (χ0n) is 16.2. The fourth-order valence-electron chi connectivity index (χ4n) is 2.90. The quantitative estimate of drug-likeness (QED) is 0.720. The van der Waals surface area contributed by atoms with Crippen molar-refractivity contribution in [2.75, 3.05) is 0 Å². The zero-order chi connectivity index (χ0) is 19.1. The first kappa shape index (κ1) is 19.4. The third-order valence-corrected chi connectivity index (χ3v) is 4.15. The van der Waals surface area contributed by atoms with Crippen LogP contribution in [0.1, 0.15) is 54.4 Å². The second-order valence-corrected chi connectivity index (χ2v) is 5.87. The van der Waals surface area contributed by atoms with Gasteiger partial charge in [0.25, 0.3) is 5.91 Å². The summed E-state index contributed by atoms with van der Waals surface area (Å²) in [4.78, 5) is 17.1. The minimum absolute atomic E-state index is 0.0692. The van der Waals surface area contributed by atoms with Gasteiger partial charge in [-0.2, -0.15) is 0 Å². The van der Waals surface area contributed by atoms with Gasteiger partial charge < -0.3 is 9.88 Å². The monoisotopic (exact) mass is 349 g/mol. The average molecular weight is 349 g/mol. The third-order valence-electron chi connectivity index (χ3n) is 4.15. The number of amides is 1. The van der Waals surface area contributed by atoms with Crippen LogP contribution in [0.4, 0.5) is 0 Å². The molecule has 0 fully saturated rings. The number of imidazole rings is 1. The van der Waals surface area contributed by atoms with Gasteiger partial charge in [-0.15, -0.1) is 0 Å². The Bertz CT molecular complexity index is 839. The molecule has 2 aromatic carbocycles. The molecule has 0 radical (unpaired) electrons. The van der Waals surface area contributed by atoms with Crippen molar-refractivity contribution in [2.24, 2.45) is 0 Å². The van der Waals surface area contributed by atoms with Crippen LogP contribution >= 0.6 is 0 Å². The molecule has 0 spiro atoms. The molecule has 0 aliphatic rings. The zero-order valence-corrected chi connectivity index (χ0v) is 16.2. The summed E-state index contributed by atoms with van der Waals surface area (Å²) in [6, 6.07) is 19.8. The van der Waals surface area contributed by atoms with Crippen LogP contribution in [0.15, 0.2) is 60.7 Å². The van der Waals surface area contributed by atoms with Crippen molar-refractivity contribution in [2.45, 2.75) is 40.7 Å². The van der Waals surface area contributed by atoms with E-state index < -0.39 is 0 Å². The van der Waals surface area contributed by atoms with Gasteiger partial charge >= 0.3 is 0 Å². The maximum Gasteiger partial charge on any atom is 0.272 e. The van der Waals surface area contributed by atoms with Crippen molar-refractivity contribution >= 4 is 5.91 Å². The summed E-state index contributed by atoms with van der Waals surface area (Å²) < 4.78 is 2.00. The molecule has 1 amide bonds. The van der Waals surface area contributed by atoms with E-state index in [2.05, 4.69) is 10.3 Å². The fourth-order valence-corrected chi connectivity index (χ4v) is 2.90. The Kier molecular flexibility index (Phi) is 6.73. The Hall–Kier alpha value is -2.88. The first-order chi connectivity index (χ1) is 12.6. The lowest BCUT2D eigenvalue weighted by atomic mass is 10.1. The van der Waals surface area contributed by atoms with Crippen molar-refractivity contribution in [3.8, 4) is 5.69 Å². The number of nitrogens with zero attached hydrogens (tertiary/aromatic N) is 2. The molecule has 1 unspecified atom stereocenters. The normalized spacial score (nSPS) is 11.3. The van der Waals surface area contributed by atoms with Crippen LogP contribution in [-0.4, -0.2) is 15.5 Å². The van der Waals surface area contributed by atoms with E-state index in [0.29, 0.717) is 5.69 Å². The fraction of sp³-hybridized carbons (Fsp3) is 0.273. The maximum absolute atomic E-state index is 12.7. The topological polar surface area (TPSA) is 46.9 Å². The molecule has 0 aliphatic carbocycles. The predicted molar refractivity (Wildman–Crippen MR) is 107 cm³/mol. The van der Waals surface area contributed by atoms with Crippen LogP contribution in [0.3, 0.4) is 0 Å².